The van der Waals surface area contributed by atoms with Crippen LogP contribution in [-0.4, -0.2) is 29.6 Å². The number of benzene rings is 1. The maximum absolute atomic E-state index is 12.7. The zero-order valence-electron chi connectivity index (χ0n) is 16.8. The van der Waals surface area contributed by atoms with Crippen molar-refractivity contribution in [3.05, 3.63) is 47.1 Å². The molecule has 1 atom stereocenters. The summed E-state index contributed by atoms with van der Waals surface area (Å²) in [4.78, 5) is 27.2. The van der Waals surface area contributed by atoms with Crippen LogP contribution in [0.5, 0.6) is 17.4 Å². The summed E-state index contributed by atoms with van der Waals surface area (Å²) in [5, 5.41) is 4.45. The van der Waals surface area contributed by atoms with Crippen LogP contribution in [-0.2, 0) is 11.0 Å². The first-order chi connectivity index (χ1) is 14.6. The van der Waals surface area contributed by atoms with Gasteiger partial charge in [-0.05, 0) is 43.7 Å². The number of carbonyl (C=O) groups excluding carboxylic acids is 2. The van der Waals surface area contributed by atoms with Gasteiger partial charge < -0.3 is 14.8 Å². The van der Waals surface area contributed by atoms with Gasteiger partial charge in [0.15, 0.2) is 6.10 Å². The molecule has 168 valence electrons. The fraction of sp³-hybridized carbons (Fsp3) is 0.350. The van der Waals surface area contributed by atoms with Crippen molar-refractivity contribution in [2.45, 2.75) is 39.0 Å². The second-order valence-corrected chi connectivity index (χ2v) is 6.85. The molecule has 2 aromatic rings. The molecule has 0 spiro atoms. The molecule has 0 saturated heterocycles. The number of rotatable bonds is 8. The molecular formula is C20H21ClF3N3O4. The second kappa shape index (κ2) is 10.9. The Morgan fingerprint density at radius 1 is 1.19 bits per heavy atom. The Kier molecular flexibility index (Phi) is 8.49. The third kappa shape index (κ3) is 7.63. The molecule has 2 rings (SSSR count). The van der Waals surface area contributed by atoms with E-state index in [0.717, 1.165) is 18.9 Å². The van der Waals surface area contributed by atoms with E-state index in [1.165, 1.54) is 31.2 Å². The van der Waals surface area contributed by atoms with Crippen LogP contribution in [0.4, 0.5) is 18.0 Å². The number of imide groups is 1. The Hall–Kier alpha value is -3.01. The summed E-state index contributed by atoms with van der Waals surface area (Å²) in [6.45, 7) is 3.92. The van der Waals surface area contributed by atoms with Crippen molar-refractivity contribution in [3.8, 4) is 17.4 Å². The minimum absolute atomic E-state index is 0.190. The summed E-state index contributed by atoms with van der Waals surface area (Å²) in [7, 11) is 0. The summed E-state index contributed by atoms with van der Waals surface area (Å²) in [6.07, 6.45) is -3.18. The quantitative estimate of drug-likeness (QED) is 0.546. The number of pyridine rings is 1. The number of halogens is 4. The highest BCUT2D eigenvalue weighted by Gasteiger charge is 2.31. The third-order valence-electron chi connectivity index (χ3n) is 3.91. The fourth-order valence-electron chi connectivity index (χ4n) is 2.25. The molecule has 0 fully saturated rings. The van der Waals surface area contributed by atoms with Gasteiger partial charge in [0, 0.05) is 12.7 Å². The van der Waals surface area contributed by atoms with E-state index in [4.69, 9.17) is 21.1 Å². The normalized spacial score (nSPS) is 12.1. The lowest BCUT2D eigenvalue weighted by atomic mass is 10.3. The van der Waals surface area contributed by atoms with E-state index >= 15 is 0 Å². The third-order valence-corrected chi connectivity index (χ3v) is 4.18. The van der Waals surface area contributed by atoms with Gasteiger partial charge >= 0.3 is 12.2 Å². The number of unbranched alkanes of at least 4 members (excludes halogenated alkanes) is 1. The summed E-state index contributed by atoms with van der Waals surface area (Å²) in [5.41, 5.74) is -0.986. The van der Waals surface area contributed by atoms with Crippen LogP contribution in [0.2, 0.25) is 5.02 Å². The van der Waals surface area contributed by atoms with Crippen LogP contribution in [0.15, 0.2) is 36.5 Å². The number of hydrogen-bond donors (Lipinski definition) is 2. The largest absolute Gasteiger partial charge is 0.481 e. The van der Waals surface area contributed by atoms with Crippen molar-refractivity contribution in [1.29, 1.82) is 0 Å². The Morgan fingerprint density at radius 3 is 2.42 bits per heavy atom. The Balaban J connectivity index is 1.92. The van der Waals surface area contributed by atoms with Crippen LogP contribution in [0.25, 0.3) is 0 Å². The van der Waals surface area contributed by atoms with Gasteiger partial charge in [0.2, 0.25) is 5.88 Å². The van der Waals surface area contributed by atoms with E-state index in [-0.39, 0.29) is 16.7 Å². The van der Waals surface area contributed by atoms with Gasteiger partial charge in [-0.25, -0.2) is 9.78 Å². The molecule has 1 aromatic carbocycles. The molecule has 0 radical (unpaired) electrons. The van der Waals surface area contributed by atoms with E-state index in [1.54, 1.807) is 0 Å². The standard InChI is InChI=1S/C20H21ClF3N3O4/c1-3-4-9-25-19(29)27-17(28)12(2)30-14-5-7-15(8-6-14)31-18-16(21)10-13(11-26-18)20(22,23)24/h5-8,10-12H,3-4,9H2,1-2H3,(H2,25,27,28,29). The SMILES string of the molecule is CCCCNC(=O)NC(=O)C(C)Oc1ccc(Oc2ncc(C(F)(F)F)cc2Cl)cc1. The fourth-order valence-corrected chi connectivity index (χ4v) is 2.45. The van der Waals surface area contributed by atoms with E-state index < -0.39 is 29.8 Å². The lowest BCUT2D eigenvalue weighted by molar-refractivity contribution is -0.137. The molecule has 11 heteroatoms. The lowest BCUT2D eigenvalue weighted by Gasteiger charge is -2.15. The first-order valence-electron chi connectivity index (χ1n) is 9.36. The summed E-state index contributed by atoms with van der Waals surface area (Å²) >= 11 is 5.81. The van der Waals surface area contributed by atoms with E-state index in [0.29, 0.717) is 18.5 Å². The maximum Gasteiger partial charge on any atom is 0.417 e. The minimum Gasteiger partial charge on any atom is -0.481 e. The molecule has 0 aliphatic rings. The predicted octanol–water partition coefficient (Wildman–Crippen LogP) is 4.94. The number of amides is 3. The maximum atomic E-state index is 12.7. The molecule has 7 nitrogen and oxygen atoms in total. The summed E-state index contributed by atoms with van der Waals surface area (Å²) < 4.78 is 48.9. The van der Waals surface area contributed by atoms with E-state index in [2.05, 4.69) is 15.6 Å². The van der Waals surface area contributed by atoms with Crippen molar-refractivity contribution in [1.82, 2.24) is 15.6 Å². The zero-order chi connectivity index (χ0) is 23.0. The molecule has 1 unspecified atom stereocenters. The summed E-state index contributed by atoms with van der Waals surface area (Å²) in [6, 6.07) is 6.02. The van der Waals surface area contributed by atoms with Gasteiger partial charge in [0.1, 0.15) is 16.5 Å². The van der Waals surface area contributed by atoms with Crippen LogP contribution in [0.1, 0.15) is 32.3 Å². The number of hydrogen-bond acceptors (Lipinski definition) is 5. The van der Waals surface area contributed by atoms with E-state index in [9.17, 15) is 22.8 Å². The van der Waals surface area contributed by atoms with E-state index in [1.807, 2.05) is 6.92 Å². The number of ether oxygens (including phenoxy) is 2. The summed E-state index contributed by atoms with van der Waals surface area (Å²) in [5.74, 6) is -0.248. The van der Waals surface area contributed by atoms with Crippen molar-refractivity contribution in [2.24, 2.45) is 0 Å². The van der Waals surface area contributed by atoms with Crippen molar-refractivity contribution >= 4 is 23.5 Å². The highest BCUT2D eigenvalue weighted by Crippen LogP contribution is 2.34. The Morgan fingerprint density at radius 2 is 1.84 bits per heavy atom. The van der Waals surface area contributed by atoms with Crippen LogP contribution < -0.4 is 20.1 Å². The average molecular weight is 460 g/mol. The topological polar surface area (TPSA) is 89.6 Å². The second-order valence-electron chi connectivity index (χ2n) is 6.44. The van der Waals surface area contributed by atoms with Gasteiger partial charge in [-0.2, -0.15) is 13.2 Å². The zero-order valence-corrected chi connectivity index (χ0v) is 17.5. The first-order valence-corrected chi connectivity index (χ1v) is 9.74. The number of urea groups is 1. The highest BCUT2D eigenvalue weighted by atomic mass is 35.5. The molecule has 1 aromatic heterocycles. The number of carbonyl (C=O) groups is 2. The average Bonchev–Trinajstić information content (AvgIpc) is 2.70. The number of aromatic nitrogens is 1. The smallest absolute Gasteiger partial charge is 0.417 e. The molecule has 0 saturated carbocycles. The van der Waals surface area contributed by atoms with Crippen LogP contribution in [0.3, 0.4) is 0 Å². The molecular weight excluding hydrogens is 439 g/mol. The molecule has 0 aliphatic heterocycles. The lowest BCUT2D eigenvalue weighted by Crippen LogP contribution is -2.45. The van der Waals surface area contributed by atoms with Crippen LogP contribution in [0, 0.1) is 0 Å². The van der Waals surface area contributed by atoms with Gasteiger partial charge in [-0.3, -0.25) is 10.1 Å². The van der Waals surface area contributed by atoms with Gasteiger partial charge in [0.25, 0.3) is 5.91 Å². The monoisotopic (exact) mass is 459 g/mol. The van der Waals surface area contributed by atoms with Crippen molar-refractivity contribution in [3.63, 3.8) is 0 Å². The van der Waals surface area contributed by atoms with Gasteiger partial charge in [-0.15, -0.1) is 0 Å². The van der Waals surface area contributed by atoms with Crippen molar-refractivity contribution < 1.29 is 32.2 Å². The number of alkyl halides is 3. The highest BCUT2D eigenvalue weighted by molar-refractivity contribution is 6.31. The first kappa shape index (κ1) is 24.3. The molecule has 0 aliphatic carbocycles. The molecule has 3 amide bonds. The van der Waals surface area contributed by atoms with Crippen LogP contribution >= 0.6 is 11.6 Å². The number of nitrogens with one attached hydrogen (secondary N) is 2. The molecule has 31 heavy (non-hydrogen) atoms. The minimum atomic E-state index is -4.56. The predicted molar refractivity (Wildman–Crippen MR) is 107 cm³/mol. The Bertz CT molecular complexity index is 908. The molecule has 0 bridgehead atoms. The Labute approximate surface area is 181 Å². The van der Waals surface area contributed by atoms with Crippen molar-refractivity contribution in [2.75, 3.05) is 6.54 Å². The number of nitrogens with zero attached hydrogens (tertiary/aromatic N) is 1. The van der Waals surface area contributed by atoms with Gasteiger partial charge in [0.05, 0.1) is 5.56 Å². The van der Waals surface area contributed by atoms with Gasteiger partial charge in [-0.1, -0.05) is 24.9 Å². The molecule has 1 heterocycles. The molecule has 2 N–H and O–H groups in total.